The van der Waals surface area contributed by atoms with E-state index in [4.69, 9.17) is 4.42 Å². The maximum absolute atomic E-state index is 15.9. The minimum atomic E-state index is -0.531. The molecule has 1 amide bonds. The fourth-order valence-corrected chi connectivity index (χ4v) is 4.09. The van der Waals surface area contributed by atoms with Gasteiger partial charge >= 0.3 is 0 Å². The van der Waals surface area contributed by atoms with Crippen LogP contribution in [-0.4, -0.2) is 41.0 Å². The van der Waals surface area contributed by atoms with Crippen molar-refractivity contribution in [3.05, 3.63) is 61.3 Å². The summed E-state index contributed by atoms with van der Waals surface area (Å²) in [5, 5.41) is 10.0. The molecule has 0 unspecified atom stereocenters. The molecule has 3 N–H and O–H groups in total. The van der Waals surface area contributed by atoms with E-state index in [1.54, 1.807) is 36.9 Å². The lowest BCUT2D eigenvalue weighted by Gasteiger charge is -2.08. The molecule has 0 radical (unpaired) electrons. The van der Waals surface area contributed by atoms with Crippen molar-refractivity contribution in [2.45, 2.75) is 19.8 Å². The second-order valence-electron chi connectivity index (χ2n) is 8.20. The Morgan fingerprint density at radius 1 is 1.14 bits per heavy atom. The first-order valence-corrected chi connectivity index (χ1v) is 11.3. The zero-order chi connectivity index (χ0) is 24.6. The van der Waals surface area contributed by atoms with Gasteiger partial charge in [0.2, 0.25) is 5.91 Å². The van der Waals surface area contributed by atoms with Gasteiger partial charge in [-0.2, -0.15) is 5.10 Å². The zero-order valence-electron chi connectivity index (χ0n) is 19.0. The normalized spacial score (nSPS) is 11.4. The maximum atomic E-state index is 15.9. The van der Waals surface area contributed by atoms with Gasteiger partial charge in [0, 0.05) is 41.7 Å². The van der Waals surface area contributed by atoms with Crippen LogP contribution in [0.25, 0.3) is 56.0 Å². The highest BCUT2D eigenvalue weighted by molar-refractivity contribution is 5.97. The monoisotopic (exact) mass is 482 g/mol. The number of nitrogens with zero attached hydrogens (tertiary/aromatic N) is 5. The van der Waals surface area contributed by atoms with Crippen molar-refractivity contribution >= 4 is 33.7 Å². The van der Waals surface area contributed by atoms with E-state index in [-0.39, 0.29) is 28.2 Å². The van der Waals surface area contributed by atoms with Gasteiger partial charge in [-0.25, -0.2) is 14.4 Å². The molecule has 6 aromatic rings. The molecule has 6 aromatic heterocycles. The molecular formula is C25H19FN8O2. The Hall–Kier alpha value is -4.93. The van der Waals surface area contributed by atoms with E-state index in [1.807, 2.05) is 6.92 Å². The first kappa shape index (κ1) is 21.6. The summed E-state index contributed by atoms with van der Waals surface area (Å²) >= 11 is 0. The van der Waals surface area contributed by atoms with Crippen LogP contribution in [0, 0.1) is 5.82 Å². The molecule has 0 spiro atoms. The topological polar surface area (TPSA) is 138 Å². The quantitative estimate of drug-likeness (QED) is 0.300. The van der Waals surface area contributed by atoms with Crippen LogP contribution in [0.15, 0.2) is 59.9 Å². The summed E-state index contributed by atoms with van der Waals surface area (Å²) in [7, 11) is 0. The van der Waals surface area contributed by atoms with Crippen molar-refractivity contribution in [2.24, 2.45) is 0 Å². The Morgan fingerprint density at radius 2 is 2.06 bits per heavy atom. The second kappa shape index (κ2) is 8.69. The number of aromatic amines is 2. The third kappa shape index (κ3) is 3.66. The van der Waals surface area contributed by atoms with Crippen LogP contribution >= 0.6 is 0 Å². The molecule has 11 heteroatoms. The third-order valence-electron chi connectivity index (χ3n) is 5.76. The van der Waals surface area contributed by atoms with Gasteiger partial charge in [0.25, 0.3) is 0 Å². The molecule has 10 nitrogen and oxygen atoms in total. The third-order valence-corrected chi connectivity index (χ3v) is 5.76. The number of amides is 1. The number of aromatic nitrogens is 7. The van der Waals surface area contributed by atoms with Gasteiger partial charge in [-0.3, -0.25) is 19.9 Å². The summed E-state index contributed by atoms with van der Waals surface area (Å²) in [6.45, 7) is 1.92. The van der Waals surface area contributed by atoms with Crippen LogP contribution < -0.4 is 5.32 Å². The Kier molecular flexibility index (Phi) is 5.21. The molecule has 0 fully saturated rings. The number of halogens is 1. The number of hydrogen-bond donors (Lipinski definition) is 3. The standard InChI is InChI=1S/C25H19FN8O2/c1-2-3-18(35)30-15-8-14(9-27-10-15)16-11-29-24-19(20(16)26)23(33-34-24)25-31-17-4-6-28-21(22(17)32-25)13-5-7-36-12-13/h4-12H,2-3H2,1H3,(H,30,35)(H,31,32)(H,29,33,34). The predicted molar refractivity (Wildman–Crippen MR) is 131 cm³/mol. The zero-order valence-corrected chi connectivity index (χ0v) is 19.0. The van der Waals surface area contributed by atoms with E-state index in [0.29, 0.717) is 34.7 Å². The molecule has 0 saturated carbocycles. The number of fused-ring (bicyclic) bond motifs is 2. The number of H-pyrrole nitrogens is 2. The van der Waals surface area contributed by atoms with Gasteiger partial charge in [-0.1, -0.05) is 6.92 Å². The predicted octanol–water partition coefficient (Wildman–Crippen LogP) is 5.10. The highest BCUT2D eigenvalue weighted by atomic mass is 19.1. The lowest BCUT2D eigenvalue weighted by atomic mass is 10.1. The van der Waals surface area contributed by atoms with E-state index >= 15 is 4.39 Å². The molecular weight excluding hydrogens is 463 g/mol. The average molecular weight is 482 g/mol. The summed E-state index contributed by atoms with van der Waals surface area (Å²) in [5.74, 6) is -0.293. The molecule has 0 aliphatic heterocycles. The molecule has 0 saturated heterocycles. The molecule has 178 valence electrons. The maximum Gasteiger partial charge on any atom is 0.224 e. The molecule has 36 heavy (non-hydrogen) atoms. The number of anilines is 1. The van der Waals surface area contributed by atoms with Crippen molar-refractivity contribution in [2.75, 3.05) is 5.32 Å². The Labute approximate surface area is 203 Å². The minimum absolute atomic E-state index is 0.128. The Balaban J connectivity index is 1.44. The summed E-state index contributed by atoms with van der Waals surface area (Å²) in [6.07, 6.45) is 10.4. The molecule has 0 atom stereocenters. The van der Waals surface area contributed by atoms with Crippen LogP contribution in [0.1, 0.15) is 19.8 Å². The van der Waals surface area contributed by atoms with Crippen LogP contribution in [0.2, 0.25) is 0 Å². The highest BCUT2D eigenvalue weighted by Crippen LogP contribution is 2.34. The van der Waals surface area contributed by atoms with E-state index in [0.717, 1.165) is 17.5 Å². The Bertz CT molecular complexity index is 1720. The average Bonchev–Trinajstić information content (AvgIpc) is 3.63. The first-order valence-electron chi connectivity index (χ1n) is 11.3. The van der Waals surface area contributed by atoms with Crippen molar-refractivity contribution < 1.29 is 13.6 Å². The highest BCUT2D eigenvalue weighted by Gasteiger charge is 2.21. The number of carbonyl (C=O) groups is 1. The smallest absolute Gasteiger partial charge is 0.224 e. The first-order chi connectivity index (χ1) is 17.6. The number of pyridine rings is 3. The summed E-state index contributed by atoms with van der Waals surface area (Å²) in [5.41, 5.74) is 4.47. The van der Waals surface area contributed by atoms with Crippen molar-refractivity contribution in [1.29, 1.82) is 0 Å². The van der Waals surface area contributed by atoms with Crippen LogP contribution in [0.3, 0.4) is 0 Å². The van der Waals surface area contributed by atoms with E-state index in [1.165, 1.54) is 18.6 Å². The second-order valence-corrected chi connectivity index (χ2v) is 8.20. The van der Waals surface area contributed by atoms with Gasteiger partial charge in [0.05, 0.1) is 35.3 Å². The largest absolute Gasteiger partial charge is 0.472 e. The molecule has 0 bridgehead atoms. The van der Waals surface area contributed by atoms with Crippen molar-refractivity contribution in [1.82, 2.24) is 35.1 Å². The Morgan fingerprint density at radius 3 is 2.89 bits per heavy atom. The molecule has 6 rings (SSSR count). The number of carbonyl (C=O) groups excluding carboxylic acids is 1. The minimum Gasteiger partial charge on any atom is -0.472 e. The number of nitrogens with one attached hydrogen (secondary N) is 3. The number of hydrogen-bond acceptors (Lipinski definition) is 7. The summed E-state index contributed by atoms with van der Waals surface area (Å²) in [4.78, 5) is 32.8. The molecule has 0 aliphatic rings. The summed E-state index contributed by atoms with van der Waals surface area (Å²) < 4.78 is 21.1. The molecule has 0 aliphatic carbocycles. The summed E-state index contributed by atoms with van der Waals surface area (Å²) in [6, 6.07) is 5.24. The van der Waals surface area contributed by atoms with Crippen molar-refractivity contribution in [3.63, 3.8) is 0 Å². The number of rotatable bonds is 6. The van der Waals surface area contributed by atoms with Gasteiger partial charge in [-0.05, 0) is 24.6 Å². The van der Waals surface area contributed by atoms with E-state index in [9.17, 15) is 4.79 Å². The van der Waals surface area contributed by atoms with Gasteiger partial charge in [-0.15, -0.1) is 0 Å². The lowest BCUT2D eigenvalue weighted by molar-refractivity contribution is -0.116. The fourth-order valence-electron chi connectivity index (χ4n) is 4.09. The van der Waals surface area contributed by atoms with Gasteiger partial charge in [0.1, 0.15) is 22.7 Å². The number of imidazole rings is 1. The van der Waals surface area contributed by atoms with Gasteiger partial charge < -0.3 is 14.7 Å². The SMILES string of the molecule is CCCC(=O)Nc1cncc(-c2cnc3[nH]nc(-c4nc5c(-c6ccoc6)nccc5[nH]4)c3c2F)c1. The van der Waals surface area contributed by atoms with Crippen LogP contribution in [0.4, 0.5) is 10.1 Å². The molecule has 0 aromatic carbocycles. The van der Waals surface area contributed by atoms with Gasteiger partial charge in [0.15, 0.2) is 11.5 Å². The van der Waals surface area contributed by atoms with Crippen LogP contribution in [0.5, 0.6) is 0 Å². The lowest BCUT2D eigenvalue weighted by Crippen LogP contribution is -2.10. The van der Waals surface area contributed by atoms with E-state index < -0.39 is 5.82 Å². The molecule has 6 heterocycles. The van der Waals surface area contributed by atoms with Crippen LogP contribution in [-0.2, 0) is 4.79 Å². The van der Waals surface area contributed by atoms with Crippen molar-refractivity contribution in [3.8, 4) is 33.9 Å². The fraction of sp³-hybridized carbons (Fsp3) is 0.120. The number of furan rings is 1. The van der Waals surface area contributed by atoms with E-state index in [2.05, 4.69) is 40.4 Å².